The van der Waals surface area contributed by atoms with E-state index in [-0.39, 0.29) is 23.2 Å². The summed E-state index contributed by atoms with van der Waals surface area (Å²) in [4.78, 5) is 22.2. The Morgan fingerprint density at radius 3 is 2.77 bits per heavy atom. The molecule has 1 aliphatic heterocycles. The number of hydrogen-bond acceptors (Lipinski definition) is 5. The van der Waals surface area contributed by atoms with E-state index in [0.29, 0.717) is 26.3 Å². The van der Waals surface area contributed by atoms with Crippen LogP contribution in [0.25, 0.3) is 0 Å². The largest absolute Gasteiger partial charge is 0.378 e. The Kier molecular flexibility index (Phi) is 4.24. The number of rotatable bonds is 3. The van der Waals surface area contributed by atoms with Crippen LogP contribution in [0.3, 0.4) is 0 Å². The summed E-state index contributed by atoms with van der Waals surface area (Å²) in [7, 11) is 0. The first kappa shape index (κ1) is 14.4. The number of halogens is 1. The van der Waals surface area contributed by atoms with Crippen molar-refractivity contribution in [2.45, 2.75) is 0 Å². The van der Waals surface area contributed by atoms with Gasteiger partial charge >= 0.3 is 0 Å². The van der Waals surface area contributed by atoms with Crippen LogP contribution < -0.4 is 5.32 Å². The number of carbonyl (C=O) groups is 1. The molecule has 1 aliphatic rings. The average Bonchev–Trinajstić information content (AvgIpc) is 2.57. The number of aromatic nitrogens is 2. The number of anilines is 2. The van der Waals surface area contributed by atoms with Gasteiger partial charge in [-0.1, -0.05) is 12.1 Å². The highest BCUT2D eigenvalue weighted by Crippen LogP contribution is 2.17. The number of carbonyl (C=O) groups excluding carboxylic acids is 1. The Hall–Kier alpha value is -2.54. The average molecular weight is 302 g/mol. The van der Waals surface area contributed by atoms with E-state index in [9.17, 15) is 9.18 Å². The maximum atomic E-state index is 13.6. The highest BCUT2D eigenvalue weighted by atomic mass is 19.1. The molecule has 0 saturated carbocycles. The van der Waals surface area contributed by atoms with E-state index in [1.807, 2.05) is 0 Å². The Balaban J connectivity index is 1.77. The number of hydrogen-bond donors (Lipinski definition) is 1. The second-order valence-corrected chi connectivity index (χ2v) is 4.77. The van der Waals surface area contributed by atoms with Crippen LogP contribution in [0, 0.1) is 5.82 Å². The predicted octanol–water partition coefficient (Wildman–Crippen LogP) is 1.83. The van der Waals surface area contributed by atoms with Crippen molar-refractivity contribution in [3.05, 3.63) is 48.0 Å². The van der Waals surface area contributed by atoms with E-state index < -0.39 is 5.82 Å². The molecule has 0 unspecified atom stereocenters. The van der Waals surface area contributed by atoms with Gasteiger partial charge in [-0.2, -0.15) is 0 Å². The Bertz CT molecular complexity index is 674. The first-order chi connectivity index (χ1) is 10.7. The minimum Gasteiger partial charge on any atom is -0.378 e. The maximum Gasteiger partial charge on any atom is 0.272 e. The van der Waals surface area contributed by atoms with Gasteiger partial charge in [-0.05, 0) is 18.2 Å². The number of nitrogens with one attached hydrogen (secondary N) is 1. The Morgan fingerprint density at radius 2 is 2.00 bits per heavy atom. The van der Waals surface area contributed by atoms with Crippen molar-refractivity contribution >= 4 is 17.5 Å². The van der Waals surface area contributed by atoms with E-state index in [0.717, 1.165) is 0 Å². The number of ether oxygens (including phenoxy) is 1. The smallest absolute Gasteiger partial charge is 0.272 e. The summed E-state index contributed by atoms with van der Waals surface area (Å²) < 4.78 is 18.8. The van der Waals surface area contributed by atoms with Crippen LogP contribution in [-0.4, -0.2) is 47.1 Å². The molecule has 0 aliphatic carbocycles. The summed E-state index contributed by atoms with van der Waals surface area (Å²) in [6, 6.07) is 7.76. The van der Waals surface area contributed by atoms with Crippen LogP contribution in [0.2, 0.25) is 0 Å². The van der Waals surface area contributed by atoms with Crippen LogP contribution in [0.1, 0.15) is 10.5 Å². The van der Waals surface area contributed by atoms with Gasteiger partial charge in [-0.3, -0.25) is 4.79 Å². The molecule has 0 bridgehead atoms. The minimum atomic E-state index is -0.406. The highest BCUT2D eigenvalue weighted by Gasteiger charge is 2.20. The molecular weight excluding hydrogens is 287 g/mol. The molecule has 1 saturated heterocycles. The molecule has 6 nitrogen and oxygen atoms in total. The first-order valence-electron chi connectivity index (χ1n) is 6.95. The zero-order valence-electron chi connectivity index (χ0n) is 11.8. The van der Waals surface area contributed by atoms with Crippen molar-refractivity contribution < 1.29 is 13.9 Å². The fourth-order valence-corrected chi connectivity index (χ4v) is 2.15. The fraction of sp³-hybridized carbons (Fsp3) is 0.267. The highest BCUT2D eigenvalue weighted by molar-refractivity contribution is 5.92. The van der Waals surface area contributed by atoms with Crippen molar-refractivity contribution in [1.82, 2.24) is 14.9 Å². The summed E-state index contributed by atoms with van der Waals surface area (Å²) >= 11 is 0. The lowest BCUT2D eigenvalue weighted by Crippen LogP contribution is -2.41. The lowest BCUT2D eigenvalue weighted by atomic mass is 10.3. The van der Waals surface area contributed by atoms with E-state index in [4.69, 9.17) is 4.74 Å². The predicted molar refractivity (Wildman–Crippen MR) is 78.4 cm³/mol. The number of morpholine rings is 1. The normalized spacial score (nSPS) is 14.7. The molecule has 1 aromatic heterocycles. The van der Waals surface area contributed by atoms with Gasteiger partial charge in [0, 0.05) is 19.3 Å². The summed E-state index contributed by atoms with van der Waals surface area (Å²) in [5, 5.41) is 2.78. The van der Waals surface area contributed by atoms with Gasteiger partial charge < -0.3 is 15.0 Å². The lowest BCUT2D eigenvalue weighted by molar-refractivity contribution is 0.0299. The van der Waals surface area contributed by atoms with Crippen LogP contribution in [0.4, 0.5) is 16.0 Å². The maximum absolute atomic E-state index is 13.6. The molecular formula is C15H15FN4O2. The van der Waals surface area contributed by atoms with E-state index in [1.54, 1.807) is 29.2 Å². The molecule has 1 N–H and O–H groups in total. The third-order valence-electron chi connectivity index (χ3n) is 3.29. The summed E-state index contributed by atoms with van der Waals surface area (Å²) in [6.45, 7) is 2.13. The molecule has 1 aromatic carbocycles. The van der Waals surface area contributed by atoms with Gasteiger partial charge in [-0.25, -0.2) is 14.4 Å². The van der Waals surface area contributed by atoms with Gasteiger partial charge in [0.1, 0.15) is 11.5 Å². The van der Waals surface area contributed by atoms with E-state index >= 15 is 0 Å². The topological polar surface area (TPSA) is 67.4 Å². The van der Waals surface area contributed by atoms with Crippen molar-refractivity contribution in [2.75, 3.05) is 31.6 Å². The molecule has 0 spiro atoms. The summed E-state index contributed by atoms with van der Waals surface area (Å²) in [6.07, 6.45) is 1.48. The minimum absolute atomic E-state index is 0.178. The van der Waals surface area contributed by atoms with Crippen LogP contribution in [0.5, 0.6) is 0 Å². The second-order valence-electron chi connectivity index (χ2n) is 4.77. The quantitative estimate of drug-likeness (QED) is 0.937. The SMILES string of the molecule is O=C(c1ccnc(Nc2ccccc2F)n1)N1CCOCC1. The van der Waals surface area contributed by atoms with Gasteiger partial charge in [0.15, 0.2) is 0 Å². The number of benzene rings is 1. The molecule has 7 heteroatoms. The van der Waals surface area contributed by atoms with Gasteiger partial charge in [0.25, 0.3) is 5.91 Å². The van der Waals surface area contributed by atoms with Gasteiger partial charge in [0.05, 0.1) is 18.9 Å². The van der Waals surface area contributed by atoms with Gasteiger partial charge in [-0.15, -0.1) is 0 Å². The Labute approximate surface area is 126 Å². The third-order valence-corrected chi connectivity index (χ3v) is 3.29. The first-order valence-corrected chi connectivity index (χ1v) is 6.95. The monoisotopic (exact) mass is 302 g/mol. The van der Waals surface area contributed by atoms with Crippen molar-refractivity contribution in [3.63, 3.8) is 0 Å². The summed E-state index contributed by atoms with van der Waals surface area (Å²) in [5.74, 6) is -0.400. The zero-order valence-corrected chi connectivity index (χ0v) is 11.8. The molecule has 114 valence electrons. The molecule has 1 fully saturated rings. The standard InChI is InChI=1S/C15H15FN4O2/c16-11-3-1-2-4-12(11)18-15-17-6-5-13(19-15)14(21)20-7-9-22-10-8-20/h1-6H,7-10H2,(H,17,18,19). The Morgan fingerprint density at radius 1 is 1.23 bits per heavy atom. The summed E-state index contributed by atoms with van der Waals surface area (Å²) in [5.41, 5.74) is 0.536. The molecule has 0 radical (unpaired) electrons. The second kappa shape index (κ2) is 6.48. The molecule has 0 atom stereocenters. The van der Waals surface area contributed by atoms with Crippen LogP contribution in [0.15, 0.2) is 36.5 Å². The number of amides is 1. The van der Waals surface area contributed by atoms with Crippen molar-refractivity contribution in [1.29, 1.82) is 0 Å². The molecule has 22 heavy (non-hydrogen) atoms. The molecule has 2 heterocycles. The van der Waals surface area contributed by atoms with Crippen LogP contribution >= 0.6 is 0 Å². The molecule has 2 aromatic rings. The molecule has 1 amide bonds. The lowest BCUT2D eigenvalue weighted by Gasteiger charge is -2.26. The molecule has 3 rings (SSSR count). The van der Waals surface area contributed by atoms with Crippen LogP contribution in [-0.2, 0) is 4.74 Å². The zero-order chi connectivity index (χ0) is 15.4. The van der Waals surface area contributed by atoms with E-state index in [2.05, 4.69) is 15.3 Å². The fourth-order valence-electron chi connectivity index (χ4n) is 2.15. The van der Waals surface area contributed by atoms with Crippen molar-refractivity contribution in [3.8, 4) is 0 Å². The van der Waals surface area contributed by atoms with Gasteiger partial charge in [0.2, 0.25) is 5.95 Å². The number of nitrogens with zero attached hydrogens (tertiary/aromatic N) is 3. The van der Waals surface area contributed by atoms with E-state index in [1.165, 1.54) is 12.3 Å². The number of para-hydroxylation sites is 1. The van der Waals surface area contributed by atoms with Crippen molar-refractivity contribution in [2.24, 2.45) is 0 Å². The third kappa shape index (κ3) is 3.20.